The maximum atomic E-state index is 12.0. The van der Waals surface area contributed by atoms with Crippen LogP contribution in [0.1, 0.15) is 29.2 Å². The largest absolute Gasteiger partial charge is 0.483 e. The second-order valence-corrected chi connectivity index (χ2v) is 7.44. The van der Waals surface area contributed by atoms with E-state index in [-0.39, 0.29) is 12.5 Å². The fourth-order valence-corrected chi connectivity index (χ4v) is 3.18. The highest BCUT2D eigenvalue weighted by Crippen LogP contribution is 2.19. The first-order chi connectivity index (χ1) is 15.0. The van der Waals surface area contributed by atoms with Gasteiger partial charge in [-0.25, -0.2) is 5.43 Å². The number of hydrazone groups is 1. The Labute approximate surface area is 184 Å². The number of ether oxygens (including phenoxy) is 1. The summed E-state index contributed by atoms with van der Waals surface area (Å²) in [5.41, 5.74) is 7.94. The number of rotatable bonds is 9. The molecule has 0 aliphatic rings. The third-order valence-electron chi connectivity index (χ3n) is 4.96. The van der Waals surface area contributed by atoms with Crippen molar-refractivity contribution in [1.82, 2.24) is 5.43 Å². The number of benzene rings is 3. The van der Waals surface area contributed by atoms with Crippen molar-refractivity contribution in [2.75, 3.05) is 18.1 Å². The van der Waals surface area contributed by atoms with Crippen molar-refractivity contribution in [1.29, 1.82) is 0 Å². The molecule has 0 saturated heterocycles. The van der Waals surface area contributed by atoms with E-state index in [0.717, 1.165) is 35.5 Å². The minimum atomic E-state index is -0.297. The summed E-state index contributed by atoms with van der Waals surface area (Å²) in [4.78, 5) is 14.3. The third-order valence-corrected chi connectivity index (χ3v) is 4.96. The van der Waals surface area contributed by atoms with Gasteiger partial charge in [0.1, 0.15) is 5.75 Å². The molecule has 3 aromatic carbocycles. The number of aryl methyl sites for hydroxylation is 2. The van der Waals surface area contributed by atoms with Crippen molar-refractivity contribution in [3.63, 3.8) is 0 Å². The highest BCUT2D eigenvalue weighted by atomic mass is 16.5. The first-order valence-corrected chi connectivity index (χ1v) is 10.5. The van der Waals surface area contributed by atoms with Crippen molar-refractivity contribution < 1.29 is 9.53 Å². The number of nitrogens with one attached hydrogen (secondary N) is 1. The minimum absolute atomic E-state index is 0.0779. The van der Waals surface area contributed by atoms with Crippen LogP contribution >= 0.6 is 0 Å². The lowest BCUT2D eigenvalue weighted by Gasteiger charge is -2.23. The highest BCUT2D eigenvalue weighted by molar-refractivity contribution is 5.83. The van der Waals surface area contributed by atoms with Gasteiger partial charge in [-0.2, -0.15) is 5.10 Å². The Bertz CT molecular complexity index is 1010. The summed E-state index contributed by atoms with van der Waals surface area (Å²) in [6, 6.07) is 24.5. The number of nitrogens with zero attached hydrogens (tertiary/aromatic N) is 2. The van der Waals surface area contributed by atoms with Crippen LogP contribution < -0.4 is 15.1 Å². The number of anilines is 1. The van der Waals surface area contributed by atoms with E-state index in [1.807, 2.05) is 50.2 Å². The molecular formula is C26H29N3O2. The summed E-state index contributed by atoms with van der Waals surface area (Å²) in [6.45, 7) is 7.79. The molecule has 160 valence electrons. The summed E-state index contributed by atoms with van der Waals surface area (Å²) in [6.07, 6.45) is 1.63. The molecule has 0 radical (unpaired) electrons. The molecule has 1 amide bonds. The SMILES string of the molecule is CCN(Cc1ccccc1)c1ccc(/C=N\NC(=O)COc2cc(C)ccc2C)cc1. The van der Waals surface area contributed by atoms with Gasteiger partial charge in [0.25, 0.3) is 5.91 Å². The molecule has 1 N–H and O–H groups in total. The first kappa shape index (κ1) is 22.1. The molecule has 31 heavy (non-hydrogen) atoms. The van der Waals surface area contributed by atoms with Gasteiger partial charge in [0.2, 0.25) is 0 Å². The van der Waals surface area contributed by atoms with Crippen LogP contribution in [0.4, 0.5) is 5.69 Å². The topological polar surface area (TPSA) is 53.9 Å². The number of hydrogen-bond donors (Lipinski definition) is 1. The molecule has 0 heterocycles. The van der Waals surface area contributed by atoms with Crippen LogP contribution in [0.3, 0.4) is 0 Å². The zero-order chi connectivity index (χ0) is 22.1. The van der Waals surface area contributed by atoms with Crippen LogP contribution in [0.15, 0.2) is 77.9 Å². The Hall–Kier alpha value is -3.60. The average Bonchev–Trinajstić information content (AvgIpc) is 2.79. The van der Waals surface area contributed by atoms with Crippen LogP contribution in [-0.4, -0.2) is 25.3 Å². The van der Waals surface area contributed by atoms with E-state index >= 15 is 0 Å². The zero-order valence-electron chi connectivity index (χ0n) is 18.3. The Balaban J connectivity index is 1.50. The standard InChI is InChI=1S/C26H29N3O2/c1-4-29(18-23-8-6-5-7-9-23)24-14-12-22(13-15-24)17-27-28-26(30)19-31-25-16-20(2)10-11-21(25)3/h5-17H,4,18-19H2,1-3H3,(H,28,30)/b27-17-. The fraction of sp³-hybridized carbons (Fsp3) is 0.231. The minimum Gasteiger partial charge on any atom is -0.483 e. The molecule has 0 bridgehead atoms. The summed E-state index contributed by atoms with van der Waals surface area (Å²) in [5.74, 6) is 0.416. The quantitative estimate of drug-likeness (QED) is 0.401. The highest BCUT2D eigenvalue weighted by Gasteiger charge is 2.06. The Morgan fingerprint density at radius 3 is 2.48 bits per heavy atom. The van der Waals surface area contributed by atoms with Crippen molar-refractivity contribution in [2.45, 2.75) is 27.3 Å². The van der Waals surface area contributed by atoms with Crippen molar-refractivity contribution in [3.05, 3.63) is 95.1 Å². The lowest BCUT2D eigenvalue weighted by molar-refractivity contribution is -0.123. The Kier molecular flexibility index (Phi) is 7.82. The lowest BCUT2D eigenvalue weighted by Crippen LogP contribution is -2.24. The van der Waals surface area contributed by atoms with Crippen molar-refractivity contribution in [2.24, 2.45) is 5.10 Å². The molecule has 0 atom stereocenters. The normalized spacial score (nSPS) is 10.8. The predicted molar refractivity (Wildman–Crippen MR) is 127 cm³/mol. The molecule has 3 rings (SSSR count). The van der Waals surface area contributed by atoms with Gasteiger partial charge in [0.05, 0.1) is 6.21 Å². The predicted octanol–water partition coefficient (Wildman–Crippen LogP) is 4.86. The van der Waals surface area contributed by atoms with Crippen LogP contribution in [0, 0.1) is 13.8 Å². The number of carbonyl (C=O) groups is 1. The van der Waals surface area contributed by atoms with E-state index < -0.39 is 0 Å². The molecule has 3 aromatic rings. The summed E-state index contributed by atoms with van der Waals surface area (Å²) in [5, 5.41) is 4.04. The monoisotopic (exact) mass is 415 g/mol. The molecule has 0 aliphatic carbocycles. The molecule has 0 spiro atoms. The number of amides is 1. The number of carbonyl (C=O) groups excluding carboxylic acids is 1. The molecule has 0 unspecified atom stereocenters. The molecule has 5 nitrogen and oxygen atoms in total. The van der Waals surface area contributed by atoms with Crippen LogP contribution in [-0.2, 0) is 11.3 Å². The summed E-state index contributed by atoms with van der Waals surface area (Å²) >= 11 is 0. The van der Waals surface area contributed by atoms with E-state index in [2.05, 4.69) is 58.7 Å². The zero-order valence-corrected chi connectivity index (χ0v) is 18.3. The fourth-order valence-electron chi connectivity index (χ4n) is 3.18. The maximum absolute atomic E-state index is 12.0. The van der Waals surface area contributed by atoms with Gasteiger partial charge in [-0.3, -0.25) is 4.79 Å². The Morgan fingerprint density at radius 1 is 1.03 bits per heavy atom. The lowest BCUT2D eigenvalue weighted by atomic mass is 10.1. The van der Waals surface area contributed by atoms with Gasteiger partial charge in [0, 0.05) is 18.8 Å². The second-order valence-electron chi connectivity index (χ2n) is 7.44. The van der Waals surface area contributed by atoms with Crippen LogP contribution in [0.2, 0.25) is 0 Å². The van der Waals surface area contributed by atoms with Crippen LogP contribution in [0.5, 0.6) is 5.75 Å². The van der Waals surface area contributed by atoms with Gasteiger partial charge in [-0.1, -0.05) is 54.6 Å². The molecule has 0 aliphatic heterocycles. The first-order valence-electron chi connectivity index (χ1n) is 10.5. The van der Waals surface area contributed by atoms with Gasteiger partial charge in [-0.05, 0) is 61.2 Å². The van der Waals surface area contributed by atoms with E-state index in [4.69, 9.17) is 4.74 Å². The van der Waals surface area contributed by atoms with Gasteiger partial charge in [0.15, 0.2) is 6.61 Å². The summed E-state index contributed by atoms with van der Waals surface area (Å²) < 4.78 is 5.59. The molecule has 0 saturated carbocycles. The van der Waals surface area contributed by atoms with Gasteiger partial charge in [-0.15, -0.1) is 0 Å². The average molecular weight is 416 g/mol. The van der Waals surface area contributed by atoms with E-state index in [0.29, 0.717) is 5.75 Å². The van der Waals surface area contributed by atoms with E-state index in [9.17, 15) is 4.79 Å². The third kappa shape index (κ3) is 6.71. The van der Waals surface area contributed by atoms with Crippen molar-refractivity contribution >= 4 is 17.8 Å². The van der Waals surface area contributed by atoms with Gasteiger partial charge < -0.3 is 9.64 Å². The smallest absolute Gasteiger partial charge is 0.277 e. The van der Waals surface area contributed by atoms with Gasteiger partial charge >= 0.3 is 0 Å². The molecule has 0 fully saturated rings. The van der Waals surface area contributed by atoms with Crippen molar-refractivity contribution in [3.8, 4) is 5.75 Å². The Morgan fingerprint density at radius 2 is 1.77 bits per heavy atom. The van der Waals surface area contributed by atoms with E-state index in [1.165, 1.54) is 5.56 Å². The molecular weight excluding hydrogens is 386 g/mol. The molecule has 0 aromatic heterocycles. The summed E-state index contributed by atoms with van der Waals surface area (Å²) in [7, 11) is 0. The maximum Gasteiger partial charge on any atom is 0.277 e. The number of hydrogen-bond acceptors (Lipinski definition) is 4. The van der Waals surface area contributed by atoms with Crippen LogP contribution in [0.25, 0.3) is 0 Å². The molecule has 5 heteroatoms. The van der Waals surface area contributed by atoms with E-state index in [1.54, 1.807) is 6.21 Å². The second kappa shape index (κ2) is 11.0.